The number of carbonyl (C=O) groups is 1. The van der Waals surface area contributed by atoms with Crippen LogP contribution in [0.5, 0.6) is 0 Å². The van der Waals surface area contributed by atoms with E-state index >= 15 is 0 Å². The molecule has 9 heteroatoms. The fourth-order valence-corrected chi connectivity index (χ4v) is 2.55. The quantitative estimate of drug-likeness (QED) is 0.782. The van der Waals surface area contributed by atoms with Crippen molar-refractivity contribution < 1.29 is 26.7 Å². The highest BCUT2D eigenvalue weighted by molar-refractivity contribution is 9.10. The third kappa shape index (κ3) is 2.89. The van der Waals surface area contributed by atoms with Gasteiger partial charge in [0.15, 0.2) is 17.0 Å². The van der Waals surface area contributed by atoms with Crippen molar-refractivity contribution in [2.75, 3.05) is 18.4 Å². The minimum absolute atomic E-state index is 0.00175. The largest absolute Gasteiger partial charge is 0.404 e. The van der Waals surface area contributed by atoms with Gasteiger partial charge in [0.25, 0.3) is 0 Å². The Bertz CT molecular complexity index is 546. The van der Waals surface area contributed by atoms with Crippen LogP contribution < -0.4 is 10.6 Å². The lowest BCUT2D eigenvalue weighted by Crippen LogP contribution is -2.49. The molecule has 1 saturated heterocycles. The standard InChI is InChI=1S/C12H10BrF5N2O/c13-6-3-7(14)9(8(15)4-6)20-10(21)11(12(16,17)18)1-2-19-5-11/h3-4,19H,1-2,5H2,(H,20,21). The summed E-state index contributed by atoms with van der Waals surface area (Å²) in [5.41, 5.74) is -3.57. The maximum Gasteiger partial charge on any atom is 0.404 e. The lowest BCUT2D eigenvalue weighted by molar-refractivity contribution is -0.213. The van der Waals surface area contributed by atoms with Gasteiger partial charge in [-0.3, -0.25) is 4.79 Å². The normalized spacial score (nSPS) is 22.4. The molecule has 0 spiro atoms. The fourth-order valence-electron chi connectivity index (χ4n) is 2.15. The van der Waals surface area contributed by atoms with Gasteiger partial charge in [-0.2, -0.15) is 13.2 Å². The van der Waals surface area contributed by atoms with Crippen molar-refractivity contribution in [2.24, 2.45) is 5.41 Å². The molecule has 1 atom stereocenters. The SMILES string of the molecule is O=C(Nc1c(F)cc(Br)cc1F)C1(C(F)(F)F)CCNC1. The van der Waals surface area contributed by atoms with Gasteiger partial charge in [0.2, 0.25) is 5.91 Å². The van der Waals surface area contributed by atoms with E-state index in [9.17, 15) is 26.7 Å². The summed E-state index contributed by atoms with van der Waals surface area (Å²) < 4.78 is 66.7. The molecule has 0 aliphatic carbocycles. The van der Waals surface area contributed by atoms with Crippen LogP contribution in [0.2, 0.25) is 0 Å². The van der Waals surface area contributed by atoms with Crippen LogP contribution in [0.4, 0.5) is 27.6 Å². The number of carbonyl (C=O) groups excluding carboxylic acids is 1. The summed E-state index contributed by atoms with van der Waals surface area (Å²) in [5, 5.41) is 4.17. The molecule has 0 bridgehead atoms. The number of rotatable bonds is 2. The zero-order valence-electron chi connectivity index (χ0n) is 10.5. The molecule has 2 N–H and O–H groups in total. The topological polar surface area (TPSA) is 41.1 Å². The van der Waals surface area contributed by atoms with E-state index < -0.39 is 47.8 Å². The van der Waals surface area contributed by atoms with Crippen LogP contribution >= 0.6 is 15.9 Å². The first-order chi connectivity index (χ1) is 9.67. The van der Waals surface area contributed by atoms with Crippen molar-refractivity contribution in [1.29, 1.82) is 0 Å². The average molecular weight is 373 g/mol. The van der Waals surface area contributed by atoms with E-state index in [1.165, 1.54) is 0 Å². The Balaban J connectivity index is 2.33. The van der Waals surface area contributed by atoms with Gasteiger partial charge in [0.05, 0.1) is 0 Å². The van der Waals surface area contributed by atoms with Crippen LogP contribution in [0.3, 0.4) is 0 Å². The molecule has 1 aliphatic rings. The van der Waals surface area contributed by atoms with E-state index in [1.807, 2.05) is 0 Å². The van der Waals surface area contributed by atoms with Gasteiger partial charge >= 0.3 is 6.18 Å². The first-order valence-corrected chi connectivity index (χ1v) is 6.70. The highest BCUT2D eigenvalue weighted by Crippen LogP contribution is 2.44. The fraction of sp³-hybridized carbons (Fsp3) is 0.417. The molecule has 0 aromatic heterocycles. The molecule has 1 aromatic rings. The predicted octanol–water partition coefficient (Wildman–Crippen LogP) is 3.21. The molecule has 21 heavy (non-hydrogen) atoms. The van der Waals surface area contributed by atoms with Crippen LogP contribution in [0.25, 0.3) is 0 Å². The van der Waals surface area contributed by atoms with Crippen molar-refractivity contribution >= 4 is 27.5 Å². The number of amides is 1. The number of nitrogens with one attached hydrogen (secondary N) is 2. The van der Waals surface area contributed by atoms with Gasteiger partial charge in [0, 0.05) is 11.0 Å². The van der Waals surface area contributed by atoms with Crippen molar-refractivity contribution in [3.8, 4) is 0 Å². The predicted molar refractivity (Wildman–Crippen MR) is 68.7 cm³/mol. The van der Waals surface area contributed by atoms with Gasteiger partial charge < -0.3 is 10.6 Å². The Labute approximate surface area is 125 Å². The summed E-state index contributed by atoms with van der Waals surface area (Å²) in [7, 11) is 0. The molecule has 0 radical (unpaired) electrons. The summed E-state index contributed by atoms with van der Waals surface area (Å²) in [5.74, 6) is -3.78. The zero-order valence-corrected chi connectivity index (χ0v) is 12.0. The summed E-state index contributed by atoms with van der Waals surface area (Å²) in [6, 6.07) is 1.71. The molecule has 1 heterocycles. The molecule has 2 rings (SSSR count). The van der Waals surface area contributed by atoms with Crippen LogP contribution in [-0.2, 0) is 4.79 Å². The van der Waals surface area contributed by atoms with E-state index in [-0.39, 0.29) is 11.0 Å². The van der Waals surface area contributed by atoms with E-state index in [0.717, 1.165) is 12.1 Å². The van der Waals surface area contributed by atoms with Crippen molar-refractivity contribution in [3.05, 3.63) is 28.2 Å². The third-order valence-corrected chi connectivity index (χ3v) is 3.84. The Morgan fingerprint density at radius 3 is 2.29 bits per heavy atom. The molecule has 1 amide bonds. The average Bonchev–Trinajstić information content (AvgIpc) is 2.83. The number of alkyl halides is 3. The number of anilines is 1. The van der Waals surface area contributed by atoms with E-state index in [0.29, 0.717) is 0 Å². The maximum absolute atomic E-state index is 13.6. The van der Waals surface area contributed by atoms with Gasteiger partial charge in [-0.25, -0.2) is 8.78 Å². The molecule has 3 nitrogen and oxygen atoms in total. The summed E-state index contributed by atoms with van der Waals surface area (Å²) in [4.78, 5) is 12.0. The highest BCUT2D eigenvalue weighted by Gasteiger charge is 2.61. The van der Waals surface area contributed by atoms with Gasteiger partial charge in [-0.1, -0.05) is 15.9 Å². The van der Waals surface area contributed by atoms with Crippen LogP contribution in [0.1, 0.15) is 6.42 Å². The molecular formula is C12H10BrF5N2O. The lowest BCUT2D eigenvalue weighted by Gasteiger charge is -2.29. The minimum Gasteiger partial charge on any atom is -0.320 e. The lowest BCUT2D eigenvalue weighted by atomic mass is 9.85. The first-order valence-electron chi connectivity index (χ1n) is 5.91. The van der Waals surface area contributed by atoms with Crippen LogP contribution in [-0.4, -0.2) is 25.2 Å². The van der Waals surface area contributed by atoms with Gasteiger partial charge in [-0.15, -0.1) is 0 Å². The van der Waals surface area contributed by atoms with Gasteiger partial charge in [0.1, 0.15) is 5.69 Å². The highest BCUT2D eigenvalue weighted by atomic mass is 79.9. The maximum atomic E-state index is 13.6. The second-order valence-corrected chi connectivity index (χ2v) is 5.62. The smallest absolute Gasteiger partial charge is 0.320 e. The van der Waals surface area contributed by atoms with Crippen LogP contribution in [0, 0.1) is 17.0 Å². The molecule has 0 saturated carbocycles. The van der Waals surface area contributed by atoms with Crippen molar-refractivity contribution in [1.82, 2.24) is 5.32 Å². The Morgan fingerprint density at radius 1 is 1.29 bits per heavy atom. The number of benzene rings is 1. The third-order valence-electron chi connectivity index (χ3n) is 3.38. The molecule has 1 fully saturated rings. The Morgan fingerprint density at radius 2 is 1.86 bits per heavy atom. The van der Waals surface area contributed by atoms with Crippen LogP contribution in [0.15, 0.2) is 16.6 Å². The van der Waals surface area contributed by atoms with E-state index in [4.69, 9.17) is 0 Å². The second-order valence-electron chi connectivity index (χ2n) is 4.71. The van der Waals surface area contributed by atoms with Gasteiger partial charge in [-0.05, 0) is 25.1 Å². The second kappa shape index (κ2) is 5.53. The zero-order chi connectivity index (χ0) is 15.8. The number of hydrogen-bond acceptors (Lipinski definition) is 2. The first kappa shape index (κ1) is 16.2. The monoisotopic (exact) mass is 372 g/mol. The van der Waals surface area contributed by atoms with E-state index in [2.05, 4.69) is 21.2 Å². The van der Waals surface area contributed by atoms with Crippen molar-refractivity contribution in [2.45, 2.75) is 12.6 Å². The Kier molecular flexibility index (Phi) is 4.25. The molecule has 116 valence electrons. The van der Waals surface area contributed by atoms with E-state index in [1.54, 1.807) is 5.32 Å². The Hall–Kier alpha value is -1.22. The number of hydrogen-bond donors (Lipinski definition) is 2. The number of halogens is 6. The summed E-state index contributed by atoms with van der Waals surface area (Å²) in [6.45, 7) is -0.625. The van der Waals surface area contributed by atoms with Crippen molar-refractivity contribution in [3.63, 3.8) is 0 Å². The summed E-state index contributed by atoms with van der Waals surface area (Å²) >= 11 is 2.84. The minimum atomic E-state index is -4.82. The summed E-state index contributed by atoms with van der Waals surface area (Å²) in [6.07, 6.45) is -5.30. The molecular weight excluding hydrogens is 363 g/mol. The molecule has 1 aliphatic heterocycles. The molecule has 1 unspecified atom stereocenters. The molecule has 1 aromatic carbocycles.